The first-order valence-electron chi connectivity index (χ1n) is 6.64. The summed E-state index contributed by atoms with van der Waals surface area (Å²) in [5.74, 6) is -0.0853. The summed E-state index contributed by atoms with van der Waals surface area (Å²) in [6, 6.07) is 4.96. The number of benzene rings is 1. The number of aromatic nitrogens is 1. The lowest BCUT2D eigenvalue weighted by Gasteiger charge is -2.14. The van der Waals surface area contributed by atoms with Crippen molar-refractivity contribution in [2.45, 2.75) is 43.8 Å². The molecule has 0 aliphatic rings. The molecular weight excluding hydrogens is 304 g/mol. The molecule has 0 unspecified atom stereocenters. The highest BCUT2D eigenvalue weighted by Gasteiger charge is 2.23. The Morgan fingerprint density at radius 1 is 1.29 bits per heavy atom. The van der Waals surface area contributed by atoms with Gasteiger partial charge in [-0.1, -0.05) is 26.8 Å². The summed E-state index contributed by atoms with van der Waals surface area (Å²) in [6.07, 6.45) is 0. The van der Waals surface area contributed by atoms with E-state index in [0.717, 1.165) is 5.69 Å². The van der Waals surface area contributed by atoms with Crippen molar-refractivity contribution in [2.24, 2.45) is 0 Å². The van der Waals surface area contributed by atoms with Crippen LogP contribution in [-0.2, 0) is 21.0 Å². The van der Waals surface area contributed by atoms with Gasteiger partial charge in [0.25, 0.3) is 0 Å². The Hall–Kier alpha value is -1.40. The summed E-state index contributed by atoms with van der Waals surface area (Å²) in [7, 11) is -3.43. The summed E-state index contributed by atoms with van der Waals surface area (Å²) >= 11 is 1.39. The molecular formula is C15H20N2O2S2. The molecule has 1 heterocycles. The van der Waals surface area contributed by atoms with Gasteiger partial charge in [0.2, 0.25) is 0 Å². The predicted octanol–water partition coefficient (Wildman–Crippen LogP) is 3.31. The van der Waals surface area contributed by atoms with Gasteiger partial charge in [0.1, 0.15) is 10.8 Å². The zero-order valence-electron chi connectivity index (χ0n) is 12.7. The van der Waals surface area contributed by atoms with Crippen molar-refractivity contribution in [2.75, 3.05) is 5.73 Å². The molecule has 2 rings (SSSR count). The molecule has 0 aliphatic carbocycles. The lowest BCUT2D eigenvalue weighted by Crippen LogP contribution is -2.12. The normalized spacial score (nSPS) is 12.6. The van der Waals surface area contributed by atoms with Crippen molar-refractivity contribution in [1.29, 1.82) is 0 Å². The Morgan fingerprint density at radius 3 is 2.52 bits per heavy atom. The smallest absolute Gasteiger partial charge is 0.185 e. The lowest BCUT2D eigenvalue weighted by atomic mass is 9.93. The predicted molar refractivity (Wildman–Crippen MR) is 87.3 cm³/mol. The maximum absolute atomic E-state index is 12.5. The quantitative estimate of drug-likeness (QED) is 0.879. The molecule has 0 saturated carbocycles. The van der Waals surface area contributed by atoms with Crippen LogP contribution < -0.4 is 5.73 Å². The van der Waals surface area contributed by atoms with E-state index in [1.165, 1.54) is 11.3 Å². The molecule has 2 N–H and O–H groups in total. The van der Waals surface area contributed by atoms with E-state index in [4.69, 9.17) is 5.73 Å². The maximum atomic E-state index is 12.5. The van der Waals surface area contributed by atoms with Crippen molar-refractivity contribution in [3.05, 3.63) is 39.8 Å². The van der Waals surface area contributed by atoms with Crippen LogP contribution in [0.3, 0.4) is 0 Å². The van der Waals surface area contributed by atoms with Crippen LogP contribution in [0.25, 0.3) is 0 Å². The minimum Gasteiger partial charge on any atom is -0.398 e. The molecule has 6 heteroatoms. The van der Waals surface area contributed by atoms with E-state index in [9.17, 15) is 8.42 Å². The monoisotopic (exact) mass is 324 g/mol. The minimum absolute atomic E-state index is 0.0778. The van der Waals surface area contributed by atoms with Gasteiger partial charge in [-0.2, -0.15) is 0 Å². The molecule has 114 valence electrons. The average Bonchev–Trinajstić information content (AvgIpc) is 2.80. The van der Waals surface area contributed by atoms with Gasteiger partial charge in [-0.15, -0.1) is 11.3 Å². The van der Waals surface area contributed by atoms with Crippen molar-refractivity contribution >= 4 is 26.9 Å². The summed E-state index contributed by atoms with van der Waals surface area (Å²) in [5.41, 5.74) is 7.73. The number of hydrogen-bond donors (Lipinski definition) is 1. The van der Waals surface area contributed by atoms with Crippen LogP contribution in [0, 0.1) is 6.92 Å². The van der Waals surface area contributed by atoms with Gasteiger partial charge in [0.05, 0.1) is 10.6 Å². The van der Waals surface area contributed by atoms with Gasteiger partial charge in [-0.25, -0.2) is 13.4 Å². The number of sulfone groups is 1. The molecule has 0 saturated heterocycles. The van der Waals surface area contributed by atoms with Crippen LogP contribution >= 0.6 is 11.3 Å². The van der Waals surface area contributed by atoms with Crippen molar-refractivity contribution < 1.29 is 8.42 Å². The third-order valence-electron chi connectivity index (χ3n) is 3.29. The van der Waals surface area contributed by atoms with Crippen molar-refractivity contribution in [3.63, 3.8) is 0 Å². The molecule has 0 fully saturated rings. The number of rotatable bonds is 3. The molecule has 0 radical (unpaired) electrons. The van der Waals surface area contributed by atoms with Crippen LogP contribution in [0.1, 0.15) is 37.0 Å². The van der Waals surface area contributed by atoms with E-state index < -0.39 is 9.84 Å². The second-order valence-corrected chi connectivity index (χ2v) is 9.01. The average molecular weight is 324 g/mol. The van der Waals surface area contributed by atoms with E-state index in [1.54, 1.807) is 25.1 Å². The zero-order chi connectivity index (χ0) is 15.8. The van der Waals surface area contributed by atoms with Crippen LogP contribution in [0.2, 0.25) is 0 Å². The highest BCUT2D eigenvalue weighted by molar-refractivity contribution is 7.90. The highest BCUT2D eigenvalue weighted by Crippen LogP contribution is 2.28. The molecule has 0 aliphatic heterocycles. The van der Waals surface area contributed by atoms with Crippen LogP contribution in [0.4, 0.5) is 5.69 Å². The Kier molecular flexibility index (Phi) is 4.13. The van der Waals surface area contributed by atoms with Gasteiger partial charge < -0.3 is 5.73 Å². The second kappa shape index (κ2) is 5.42. The Labute approximate surface area is 130 Å². The van der Waals surface area contributed by atoms with E-state index in [-0.39, 0.29) is 16.1 Å². The molecule has 21 heavy (non-hydrogen) atoms. The number of anilines is 1. The molecule has 0 bridgehead atoms. The van der Waals surface area contributed by atoms with Crippen molar-refractivity contribution in [1.82, 2.24) is 4.98 Å². The first kappa shape index (κ1) is 16.0. The molecule has 0 spiro atoms. The molecule has 0 amide bonds. The van der Waals surface area contributed by atoms with E-state index in [1.807, 2.05) is 5.38 Å². The Bertz CT molecular complexity index is 756. The number of hydrogen-bond acceptors (Lipinski definition) is 5. The SMILES string of the molecule is Cc1c(N)cccc1S(=O)(=O)Cc1nc(C(C)(C)C)cs1. The fourth-order valence-electron chi connectivity index (χ4n) is 1.93. The van der Waals surface area contributed by atoms with Gasteiger partial charge in [0.15, 0.2) is 9.84 Å². The topological polar surface area (TPSA) is 73.1 Å². The van der Waals surface area contributed by atoms with Crippen LogP contribution in [0.15, 0.2) is 28.5 Å². The fraction of sp³-hybridized carbons (Fsp3) is 0.400. The molecule has 1 aromatic carbocycles. The van der Waals surface area contributed by atoms with Gasteiger partial charge in [-0.05, 0) is 24.6 Å². The molecule has 0 atom stereocenters. The summed E-state index contributed by atoms with van der Waals surface area (Å²) < 4.78 is 25.1. The summed E-state index contributed by atoms with van der Waals surface area (Å²) in [4.78, 5) is 4.74. The lowest BCUT2D eigenvalue weighted by molar-refractivity contribution is 0.570. The number of nitrogens with two attached hydrogens (primary N) is 1. The zero-order valence-corrected chi connectivity index (χ0v) is 14.3. The largest absolute Gasteiger partial charge is 0.398 e. The van der Waals surface area contributed by atoms with Crippen LogP contribution in [-0.4, -0.2) is 13.4 Å². The number of nitrogen functional groups attached to an aromatic ring is 1. The first-order chi connectivity index (χ1) is 9.61. The molecule has 4 nitrogen and oxygen atoms in total. The van der Waals surface area contributed by atoms with Gasteiger partial charge >= 0.3 is 0 Å². The standard InChI is InChI=1S/C15H20N2O2S2/c1-10-11(16)6-5-7-12(10)21(18,19)9-14-17-13(8-20-14)15(2,3)4/h5-8H,9,16H2,1-4H3. The Morgan fingerprint density at radius 2 is 1.95 bits per heavy atom. The molecule has 1 aromatic heterocycles. The molecule has 2 aromatic rings. The maximum Gasteiger partial charge on any atom is 0.185 e. The summed E-state index contributed by atoms with van der Waals surface area (Å²) in [5, 5.41) is 2.54. The Balaban J connectivity index is 2.34. The van der Waals surface area contributed by atoms with Crippen molar-refractivity contribution in [3.8, 4) is 0 Å². The first-order valence-corrected chi connectivity index (χ1v) is 9.17. The third kappa shape index (κ3) is 3.44. The van der Waals surface area contributed by atoms with Crippen LogP contribution in [0.5, 0.6) is 0 Å². The number of nitrogens with zero attached hydrogens (tertiary/aromatic N) is 1. The van der Waals surface area contributed by atoms with E-state index in [2.05, 4.69) is 25.8 Å². The summed E-state index contributed by atoms with van der Waals surface area (Å²) in [6.45, 7) is 7.90. The second-order valence-electron chi connectivity index (χ2n) is 6.11. The fourth-order valence-corrected chi connectivity index (χ4v) is 4.89. The van der Waals surface area contributed by atoms with E-state index >= 15 is 0 Å². The van der Waals surface area contributed by atoms with Gasteiger partial charge in [0, 0.05) is 16.5 Å². The highest BCUT2D eigenvalue weighted by atomic mass is 32.2. The van der Waals surface area contributed by atoms with Gasteiger partial charge in [-0.3, -0.25) is 0 Å². The third-order valence-corrected chi connectivity index (χ3v) is 6.09. The minimum atomic E-state index is -3.43. The van der Waals surface area contributed by atoms with E-state index in [0.29, 0.717) is 16.3 Å². The number of thiazole rings is 1.